The van der Waals surface area contributed by atoms with Gasteiger partial charge in [0.15, 0.2) is 5.78 Å². The zero-order valence-electron chi connectivity index (χ0n) is 11.0. The fraction of sp³-hybridized carbons (Fsp3) is 0.500. The first-order chi connectivity index (χ1) is 8.90. The van der Waals surface area contributed by atoms with Gasteiger partial charge in [-0.3, -0.25) is 4.79 Å². The van der Waals surface area contributed by atoms with Crippen molar-refractivity contribution in [2.24, 2.45) is 0 Å². The molecule has 19 heavy (non-hydrogen) atoms. The smallest absolute Gasteiger partial charge is 0.416 e. The summed E-state index contributed by atoms with van der Waals surface area (Å²) >= 11 is 0. The molecule has 0 aliphatic carbocycles. The van der Waals surface area contributed by atoms with E-state index in [1.807, 2.05) is 6.92 Å². The summed E-state index contributed by atoms with van der Waals surface area (Å²) in [5.74, 6) is -0.0898. The van der Waals surface area contributed by atoms with Gasteiger partial charge in [0.05, 0.1) is 17.7 Å². The van der Waals surface area contributed by atoms with Crippen molar-refractivity contribution in [1.82, 2.24) is 0 Å². The molecule has 1 aromatic rings. The van der Waals surface area contributed by atoms with Crippen LogP contribution < -0.4 is 4.74 Å². The molecule has 0 atom stereocenters. The molecule has 0 fully saturated rings. The largest absolute Gasteiger partial charge is 0.493 e. The van der Waals surface area contributed by atoms with Crippen LogP contribution in [0.2, 0.25) is 0 Å². The summed E-state index contributed by atoms with van der Waals surface area (Å²) in [6, 6.07) is 3.04. The monoisotopic (exact) mass is 274 g/mol. The molecular weight excluding hydrogens is 257 g/mol. The van der Waals surface area contributed by atoms with Gasteiger partial charge in [0, 0.05) is 6.42 Å². The number of ketones is 1. The van der Waals surface area contributed by atoms with Gasteiger partial charge in [-0.2, -0.15) is 13.2 Å². The van der Waals surface area contributed by atoms with Crippen LogP contribution in [0.1, 0.15) is 49.0 Å². The van der Waals surface area contributed by atoms with Gasteiger partial charge < -0.3 is 4.74 Å². The summed E-state index contributed by atoms with van der Waals surface area (Å²) in [5.41, 5.74) is -0.805. The molecule has 0 saturated heterocycles. The fourth-order valence-corrected chi connectivity index (χ4v) is 1.62. The van der Waals surface area contributed by atoms with Gasteiger partial charge in [-0.05, 0) is 31.0 Å². The summed E-state index contributed by atoms with van der Waals surface area (Å²) in [7, 11) is 0. The maximum absolute atomic E-state index is 12.6. The van der Waals surface area contributed by atoms with Crippen molar-refractivity contribution in [2.75, 3.05) is 6.61 Å². The van der Waals surface area contributed by atoms with Gasteiger partial charge in [-0.1, -0.05) is 13.8 Å². The molecule has 0 heterocycles. The maximum atomic E-state index is 12.6. The molecule has 2 nitrogen and oxygen atoms in total. The number of halogens is 3. The highest BCUT2D eigenvalue weighted by Gasteiger charge is 2.31. The zero-order chi connectivity index (χ0) is 14.5. The highest BCUT2D eigenvalue weighted by atomic mass is 19.4. The number of alkyl halides is 3. The molecule has 0 bridgehead atoms. The van der Waals surface area contributed by atoms with E-state index in [2.05, 4.69) is 0 Å². The highest BCUT2D eigenvalue weighted by Crippen LogP contribution is 2.33. The van der Waals surface area contributed by atoms with Crippen molar-refractivity contribution >= 4 is 5.78 Å². The van der Waals surface area contributed by atoms with E-state index >= 15 is 0 Å². The summed E-state index contributed by atoms with van der Waals surface area (Å²) in [5, 5.41) is 0. The molecule has 0 N–H and O–H groups in total. The predicted molar refractivity (Wildman–Crippen MR) is 66.5 cm³/mol. The van der Waals surface area contributed by atoms with E-state index in [9.17, 15) is 18.0 Å². The Morgan fingerprint density at radius 3 is 2.42 bits per heavy atom. The number of Topliss-reactive ketones (excluding diaryl/α,β-unsaturated/α-hetero) is 1. The van der Waals surface area contributed by atoms with Gasteiger partial charge >= 0.3 is 6.18 Å². The van der Waals surface area contributed by atoms with E-state index < -0.39 is 11.7 Å². The third-order valence-corrected chi connectivity index (χ3v) is 2.55. The topological polar surface area (TPSA) is 26.3 Å². The van der Waals surface area contributed by atoms with Gasteiger partial charge in [0.1, 0.15) is 5.75 Å². The Kier molecular flexibility index (Phi) is 5.39. The van der Waals surface area contributed by atoms with Crippen molar-refractivity contribution < 1.29 is 22.7 Å². The molecule has 5 heteroatoms. The normalized spacial score (nSPS) is 11.4. The first kappa shape index (κ1) is 15.5. The van der Waals surface area contributed by atoms with E-state index in [0.717, 1.165) is 18.6 Å². The predicted octanol–water partition coefficient (Wildman–Crippen LogP) is 4.48. The Morgan fingerprint density at radius 2 is 1.89 bits per heavy atom. The van der Waals surface area contributed by atoms with Crippen LogP contribution >= 0.6 is 0 Å². The summed E-state index contributed by atoms with van der Waals surface area (Å²) in [4.78, 5) is 11.9. The lowest BCUT2D eigenvalue weighted by Gasteiger charge is -2.13. The number of hydrogen-bond acceptors (Lipinski definition) is 2. The van der Waals surface area contributed by atoms with Crippen LogP contribution in [0.3, 0.4) is 0 Å². The Labute approximate surface area is 110 Å². The third-order valence-electron chi connectivity index (χ3n) is 2.55. The van der Waals surface area contributed by atoms with E-state index in [-0.39, 0.29) is 23.5 Å². The van der Waals surface area contributed by atoms with Gasteiger partial charge in [0.25, 0.3) is 0 Å². The molecule has 0 spiro atoms. The van der Waals surface area contributed by atoms with Gasteiger partial charge in [0.2, 0.25) is 0 Å². The van der Waals surface area contributed by atoms with E-state index in [1.165, 1.54) is 6.07 Å². The molecule has 0 amide bonds. The minimum atomic E-state index is -4.45. The van der Waals surface area contributed by atoms with Crippen LogP contribution in [0, 0.1) is 0 Å². The minimum Gasteiger partial charge on any atom is -0.493 e. The Morgan fingerprint density at radius 1 is 1.21 bits per heavy atom. The molecule has 0 radical (unpaired) electrons. The second-order valence-corrected chi connectivity index (χ2v) is 4.23. The third kappa shape index (κ3) is 4.26. The van der Waals surface area contributed by atoms with Crippen LogP contribution in [0.5, 0.6) is 5.75 Å². The molecule has 0 unspecified atom stereocenters. The number of carbonyl (C=O) groups is 1. The summed E-state index contributed by atoms with van der Waals surface area (Å²) in [6.07, 6.45) is -2.93. The molecule has 106 valence electrons. The van der Waals surface area contributed by atoms with E-state index in [4.69, 9.17) is 4.74 Å². The van der Waals surface area contributed by atoms with E-state index in [0.29, 0.717) is 13.0 Å². The average molecular weight is 274 g/mol. The Hall–Kier alpha value is -1.52. The van der Waals surface area contributed by atoms with Gasteiger partial charge in [-0.25, -0.2) is 0 Å². The highest BCUT2D eigenvalue weighted by molar-refractivity contribution is 5.98. The van der Waals surface area contributed by atoms with Crippen LogP contribution in [0.25, 0.3) is 0 Å². The van der Waals surface area contributed by atoms with Crippen molar-refractivity contribution in [1.29, 1.82) is 0 Å². The standard InChI is InChI=1S/C14H17F3O2/c1-3-5-12(18)11-9-10(14(15,16)17)6-7-13(11)19-8-4-2/h6-7,9H,3-5,8H2,1-2H3. The first-order valence-electron chi connectivity index (χ1n) is 6.27. The molecule has 0 saturated carbocycles. The SMILES string of the molecule is CCCOc1ccc(C(F)(F)F)cc1C(=O)CCC. The fourth-order valence-electron chi connectivity index (χ4n) is 1.62. The van der Waals surface area contributed by atoms with E-state index in [1.54, 1.807) is 6.92 Å². The zero-order valence-corrected chi connectivity index (χ0v) is 11.0. The maximum Gasteiger partial charge on any atom is 0.416 e. The van der Waals surface area contributed by atoms with Crippen molar-refractivity contribution in [3.8, 4) is 5.75 Å². The first-order valence-corrected chi connectivity index (χ1v) is 6.27. The number of hydrogen-bond donors (Lipinski definition) is 0. The number of rotatable bonds is 6. The molecule has 0 aliphatic rings. The molecule has 0 aromatic heterocycles. The van der Waals surface area contributed by atoms with Crippen molar-refractivity contribution in [3.63, 3.8) is 0 Å². The number of ether oxygens (including phenoxy) is 1. The van der Waals surface area contributed by atoms with Gasteiger partial charge in [-0.15, -0.1) is 0 Å². The summed E-state index contributed by atoms with van der Waals surface area (Å²) < 4.78 is 43.3. The van der Waals surface area contributed by atoms with Crippen molar-refractivity contribution in [2.45, 2.75) is 39.3 Å². The molecule has 1 aromatic carbocycles. The van der Waals surface area contributed by atoms with Crippen LogP contribution in [0.15, 0.2) is 18.2 Å². The Balaban J connectivity index is 3.14. The quantitative estimate of drug-likeness (QED) is 0.715. The lowest BCUT2D eigenvalue weighted by molar-refractivity contribution is -0.137. The second kappa shape index (κ2) is 6.59. The number of benzene rings is 1. The van der Waals surface area contributed by atoms with Crippen LogP contribution in [-0.4, -0.2) is 12.4 Å². The van der Waals surface area contributed by atoms with Crippen LogP contribution in [0.4, 0.5) is 13.2 Å². The van der Waals surface area contributed by atoms with Crippen molar-refractivity contribution in [3.05, 3.63) is 29.3 Å². The summed E-state index contributed by atoms with van der Waals surface area (Å²) in [6.45, 7) is 4.06. The minimum absolute atomic E-state index is 0.0186. The number of carbonyl (C=O) groups excluding carboxylic acids is 1. The lowest BCUT2D eigenvalue weighted by Crippen LogP contribution is -2.10. The lowest BCUT2D eigenvalue weighted by atomic mass is 10.0. The average Bonchev–Trinajstić information content (AvgIpc) is 2.35. The molecular formula is C14H17F3O2. The molecule has 1 rings (SSSR count). The van der Waals surface area contributed by atoms with Crippen LogP contribution in [-0.2, 0) is 6.18 Å². The molecule has 0 aliphatic heterocycles. The second-order valence-electron chi connectivity index (χ2n) is 4.23. The Bertz CT molecular complexity index is 439.